The zero-order valence-electron chi connectivity index (χ0n) is 19.4. The molecule has 2 aromatic carbocycles. The lowest BCUT2D eigenvalue weighted by atomic mass is 9.97. The minimum Gasteiger partial charge on any atom is -0.496 e. The van der Waals surface area contributed by atoms with Gasteiger partial charge in [-0.15, -0.1) is 0 Å². The third-order valence-electron chi connectivity index (χ3n) is 6.02. The summed E-state index contributed by atoms with van der Waals surface area (Å²) in [6.45, 7) is -3.32. The van der Waals surface area contributed by atoms with Crippen molar-refractivity contribution in [2.24, 2.45) is 7.05 Å². The number of hydrogen-bond acceptors (Lipinski definition) is 6. The molecule has 9 nitrogen and oxygen atoms in total. The average molecular weight is 514 g/mol. The van der Waals surface area contributed by atoms with E-state index in [0.717, 1.165) is 11.6 Å². The molecule has 37 heavy (non-hydrogen) atoms. The maximum Gasteiger partial charge on any atom is 0.387 e. The summed E-state index contributed by atoms with van der Waals surface area (Å²) in [4.78, 5) is 12.8. The molecule has 0 unspecified atom stereocenters. The Balaban J connectivity index is 1.67. The molecular weight excluding hydrogens is 496 g/mol. The average Bonchev–Trinajstić information content (AvgIpc) is 3.22. The fraction of sp³-hybridized carbons (Fsp3) is 0.250. The number of carbonyl (C=O) groups excluding carboxylic acids is 1. The molecule has 13 heteroatoms. The molecule has 1 amide bonds. The molecule has 1 saturated carbocycles. The smallest absolute Gasteiger partial charge is 0.387 e. The molecule has 1 aliphatic rings. The van der Waals surface area contributed by atoms with Crippen LogP contribution < -0.4 is 14.8 Å². The van der Waals surface area contributed by atoms with Crippen LogP contribution in [0.5, 0.6) is 11.5 Å². The lowest BCUT2D eigenvalue weighted by molar-refractivity contribution is -0.0502. The number of carbonyl (C=O) groups is 1. The molecule has 2 aromatic heterocycles. The van der Waals surface area contributed by atoms with E-state index in [1.54, 1.807) is 31.6 Å². The summed E-state index contributed by atoms with van der Waals surface area (Å²) >= 11 is 0. The van der Waals surface area contributed by atoms with E-state index in [1.165, 1.54) is 17.9 Å². The first kappa shape index (κ1) is 24.1. The maximum atomic E-state index is 13.4. The lowest BCUT2D eigenvalue weighted by Crippen LogP contribution is -2.30. The van der Waals surface area contributed by atoms with Crippen LogP contribution in [0.2, 0.25) is 0 Å². The van der Waals surface area contributed by atoms with Gasteiger partial charge in [0.05, 0.1) is 42.2 Å². The van der Waals surface area contributed by atoms with Gasteiger partial charge in [-0.3, -0.25) is 14.6 Å². The van der Waals surface area contributed by atoms with Gasteiger partial charge < -0.3 is 14.8 Å². The second kappa shape index (κ2) is 8.81. The highest BCUT2D eigenvalue weighted by Gasteiger charge is 2.58. The van der Waals surface area contributed by atoms with E-state index in [-0.39, 0.29) is 16.9 Å². The number of fused-ring (bicyclic) bond motifs is 1. The van der Waals surface area contributed by atoms with E-state index in [2.05, 4.69) is 31.4 Å². The van der Waals surface area contributed by atoms with Gasteiger partial charge in [-0.1, -0.05) is 0 Å². The first-order valence-electron chi connectivity index (χ1n) is 10.9. The summed E-state index contributed by atoms with van der Waals surface area (Å²) in [6, 6.07) is 6.65. The minimum absolute atomic E-state index is 0.183. The van der Waals surface area contributed by atoms with Gasteiger partial charge in [0.2, 0.25) is 0 Å². The first-order valence-corrected chi connectivity index (χ1v) is 10.9. The summed E-state index contributed by atoms with van der Waals surface area (Å²) in [5, 5.41) is 23.5. The Morgan fingerprint density at radius 1 is 1.24 bits per heavy atom. The molecule has 0 aliphatic heterocycles. The number of aromatic amines is 1. The minimum atomic E-state index is -3.32. The van der Waals surface area contributed by atoms with E-state index < -0.39 is 42.2 Å². The summed E-state index contributed by atoms with van der Waals surface area (Å²) < 4.78 is 64.7. The van der Waals surface area contributed by atoms with Crippen molar-refractivity contribution in [1.82, 2.24) is 25.3 Å². The standard InChI is InChI=1S/C24H18F4N6O3/c1-34-21(19-13(8-29)3-11(4-15(19)33-34)14-9-30-31-10-14)12-5-16(36-2)20(17(6-12)37-23(25)26)22(35)32-18-7-24(18,27)28/h3-6,9-10,18,23H,7H2,1-2H3,(H,30,31)(H,32,35)/t18-/m1/s1. The van der Waals surface area contributed by atoms with Gasteiger partial charge in [0.1, 0.15) is 17.1 Å². The van der Waals surface area contributed by atoms with Gasteiger partial charge in [0.15, 0.2) is 0 Å². The number of hydrogen-bond donors (Lipinski definition) is 2. The van der Waals surface area contributed by atoms with Crippen LogP contribution in [0.15, 0.2) is 36.7 Å². The lowest BCUT2D eigenvalue weighted by Gasteiger charge is -2.17. The number of nitrogens with one attached hydrogen (secondary N) is 2. The number of alkyl halides is 4. The largest absolute Gasteiger partial charge is 0.496 e. The van der Waals surface area contributed by atoms with Crippen LogP contribution in [0.4, 0.5) is 17.6 Å². The highest BCUT2D eigenvalue weighted by atomic mass is 19.3. The van der Waals surface area contributed by atoms with E-state index >= 15 is 0 Å². The molecule has 0 saturated heterocycles. The van der Waals surface area contributed by atoms with Gasteiger partial charge >= 0.3 is 6.61 Å². The molecule has 5 rings (SSSR count). The molecule has 0 radical (unpaired) electrons. The van der Waals surface area contributed by atoms with Crippen LogP contribution in [0.3, 0.4) is 0 Å². The van der Waals surface area contributed by atoms with Crippen molar-refractivity contribution < 1.29 is 31.8 Å². The molecule has 0 spiro atoms. The number of ether oxygens (including phenoxy) is 2. The topological polar surface area (TPSA) is 118 Å². The first-order chi connectivity index (χ1) is 17.6. The van der Waals surface area contributed by atoms with Crippen LogP contribution in [0, 0.1) is 11.3 Å². The number of aryl methyl sites for hydroxylation is 1. The van der Waals surface area contributed by atoms with Gasteiger partial charge in [-0.25, -0.2) is 8.78 Å². The molecule has 1 fully saturated rings. The fourth-order valence-corrected chi connectivity index (χ4v) is 4.22. The molecule has 0 bridgehead atoms. The summed E-state index contributed by atoms with van der Waals surface area (Å²) in [5.74, 6) is -4.87. The van der Waals surface area contributed by atoms with Gasteiger partial charge in [-0.2, -0.15) is 24.2 Å². The molecule has 4 aromatic rings. The number of halogens is 4. The molecule has 2 N–H and O–H groups in total. The van der Waals surface area contributed by atoms with Crippen LogP contribution in [-0.2, 0) is 7.05 Å². The van der Waals surface area contributed by atoms with E-state index in [4.69, 9.17) is 4.74 Å². The van der Waals surface area contributed by atoms with Crippen LogP contribution >= 0.6 is 0 Å². The number of nitrogens with zero attached hydrogens (tertiary/aromatic N) is 4. The highest BCUT2D eigenvalue weighted by molar-refractivity contribution is 6.03. The SMILES string of the molecule is COc1cc(-c2c3c(C#N)cc(-c4cn[nH]c4)cc3nn2C)cc(OC(F)F)c1C(=O)N[C@@H]1CC1(F)F. The summed E-state index contributed by atoms with van der Waals surface area (Å²) in [6.07, 6.45) is 2.70. The zero-order valence-corrected chi connectivity index (χ0v) is 19.4. The monoisotopic (exact) mass is 514 g/mol. The number of methoxy groups -OCH3 is 1. The second-order valence-corrected chi connectivity index (χ2v) is 8.41. The van der Waals surface area contributed by atoms with E-state index in [0.29, 0.717) is 22.2 Å². The number of rotatable bonds is 7. The Bertz CT molecular complexity index is 1560. The van der Waals surface area contributed by atoms with Gasteiger partial charge in [-0.05, 0) is 29.8 Å². The predicted molar refractivity (Wildman–Crippen MR) is 122 cm³/mol. The van der Waals surface area contributed by atoms with Crippen molar-refractivity contribution in [3.63, 3.8) is 0 Å². The number of nitriles is 1. The van der Waals surface area contributed by atoms with Crippen molar-refractivity contribution in [1.29, 1.82) is 5.26 Å². The van der Waals surface area contributed by atoms with Crippen molar-refractivity contribution in [2.75, 3.05) is 7.11 Å². The fourth-order valence-electron chi connectivity index (χ4n) is 4.22. The number of aromatic nitrogens is 4. The van der Waals surface area contributed by atoms with Crippen molar-refractivity contribution >= 4 is 16.8 Å². The normalized spacial score (nSPS) is 16.0. The van der Waals surface area contributed by atoms with E-state index in [1.807, 2.05) is 0 Å². The Morgan fingerprint density at radius 2 is 1.97 bits per heavy atom. The molecule has 1 atom stereocenters. The Labute approximate surface area is 206 Å². The van der Waals surface area contributed by atoms with Crippen LogP contribution in [0.1, 0.15) is 22.3 Å². The number of H-pyrrole nitrogens is 1. The Morgan fingerprint density at radius 3 is 2.57 bits per heavy atom. The van der Waals surface area contributed by atoms with E-state index in [9.17, 15) is 27.6 Å². The van der Waals surface area contributed by atoms with Crippen molar-refractivity contribution in [3.8, 4) is 40.0 Å². The number of amides is 1. The van der Waals surface area contributed by atoms with Crippen LogP contribution in [-0.4, -0.2) is 51.6 Å². The molecule has 1 aliphatic carbocycles. The number of benzene rings is 2. The quantitative estimate of drug-likeness (QED) is 0.356. The van der Waals surface area contributed by atoms with Crippen LogP contribution in [0.25, 0.3) is 33.3 Å². The van der Waals surface area contributed by atoms with Crippen molar-refractivity contribution in [3.05, 3.63) is 47.8 Å². The molecule has 190 valence electrons. The highest BCUT2D eigenvalue weighted by Crippen LogP contribution is 2.43. The third kappa shape index (κ3) is 4.31. The van der Waals surface area contributed by atoms with Gasteiger partial charge in [0.25, 0.3) is 11.8 Å². The molecule has 2 heterocycles. The Kier molecular flexibility index (Phi) is 5.74. The maximum absolute atomic E-state index is 13.4. The summed E-state index contributed by atoms with van der Waals surface area (Å²) in [5.41, 5.74) is 2.28. The second-order valence-electron chi connectivity index (χ2n) is 8.41. The van der Waals surface area contributed by atoms with Crippen molar-refractivity contribution in [2.45, 2.75) is 25.0 Å². The third-order valence-corrected chi connectivity index (χ3v) is 6.02. The molecular formula is C24H18F4N6O3. The van der Waals surface area contributed by atoms with Gasteiger partial charge in [0, 0.05) is 36.2 Å². The zero-order chi connectivity index (χ0) is 26.5. The Hall–Kier alpha value is -4.60. The predicted octanol–water partition coefficient (Wildman–Crippen LogP) is 4.25. The summed E-state index contributed by atoms with van der Waals surface area (Å²) in [7, 11) is 2.80.